The van der Waals surface area contributed by atoms with Crippen molar-refractivity contribution in [2.24, 2.45) is 0 Å². The summed E-state index contributed by atoms with van der Waals surface area (Å²) in [5.41, 5.74) is -3.03. The SMILES string of the molecule is O=C(O)Cn1nnc(C2CC3(c4ccccc4)NC2CCC3OCc2cc(C(F)(F)F)cc(C(F)(F)F)c2)n1. The number of nitrogens with one attached hydrogen (secondary N) is 1. The summed E-state index contributed by atoms with van der Waals surface area (Å²) in [6, 6.07) is 10.5. The summed E-state index contributed by atoms with van der Waals surface area (Å²) in [4.78, 5) is 12.0. The predicted octanol–water partition coefficient (Wildman–Crippen LogP) is 4.52. The molecule has 5 rings (SSSR count). The number of aromatic nitrogens is 4. The Morgan fingerprint density at radius 2 is 1.72 bits per heavy atom. The van der Waals surface area contributed by atoms with E-state index in [2.05, 4.69) is 20.7 Å². The van der Waals surface area contributed by atoms with Crippen LogP contribution >= 0.6 is 0 Å². The zero-order chi connectivity index (χ0) is 28.0. The Balaban J connectivity index is 1.44. The van der Waals surface area contributed by atoms with Crippen molar-refractivity contribution < 1.29 is 41.0 Å². The van der Waals surface area contributed by atoms with Gasteiger partial charge in [-0.15, -0.1) is 10.2 Å². The van der Waals surface area contributed by atoms with Crippen LogP contribution < -0.4 is 5.32 Å². The molecule has 0 spiro atoms. The number of carboxylic acid groups (broad SMARTS) is 1. The Morgan fingerprint density at radius 1 is 1.05 bits per heavy atom. The number of halogens is 6. The minimum absolute atomic E-state index is 0.0911. The van der Waals surface area contributed by atoms with E-state index in [4.69, 9.17) is 9.84 Å². The van der Waals surface area contributed by atoms with E-state index in [1.54, 1.807) is 0 Å². The summed E-state index contributed by atoms with van der Waals surface area (Å²) < 4.78 is 86.1. The second-order valence-corrected chi connectivity index (χ2v) is 9.76. The molecule has 0 aliphatic carbocycles. The van der Waals surface area contributed by atoms with Crippen molar-refractivity contribution >= 4 is 5.97 Å². The van der Waals surface area contributed by atoms with E-state index < -0.39 is 54.2 Å². The molecule has 0 radical (unpaired) electrons. The highest BCUT2D eigenvalue weighted by atomic mass is 19.4. The maximum absolute atomic E-state index is 13.3. The summed E-state index contributed by atoms with van der Waals surface area (Å²) in [6.45, 7) is -0.916. The number of carboxylic acids is 1. The van der Waals surface area contributed by atoms with Crippen LogP contribution in [0, 0.1) is 0 Å². The van der Waals surface area contributed by atoms with Gasteiger partial charge in [-0.3, -0.25) is 4.79 Å². The maximum Gasteiger partial charge on any atom is 0.416 e. The molecule has 3 aromatic rings. The van der Waals surface area contributed by atoms with Crippen LogP contribution in [0.25, 0.3) is 0 Å². The topological polar surface area (TPSA) is 102 Å². The molecule has 2 N–H and O–H groups in total. The van der Waals surface area contributed by atoms with Crippen molar-refractivity contribution in [3.63, 3.8) is 0 Å². The van der Waals surface area contributed by atoms with Crippen molar-refractivity contribution in [2.45, 2.75) is 68.4 Å². The minimum Gasteiger partial charge on any atom is -0.480 e. The molecule has 3 heterocycles. The molecule has 14 heteroatoms. The quantitative estimate of drug-likeness (QED) is 0.414. The fourth-order valence-electron chi connectivity index (χ4n) is 5.57. The number of benzene rings is 2. The first-order valence-corrected chi connectivity index (χ1v) is 12.1. The van der Waals surface area contributed by atoms with E-state index in [1.165, 1.54) is 0 Å². The fourth-order valence-corrected chi connectivity index (χ4v) is 5.57. The van der Waals surface area contributed by atoms with Crippen LogP contribution in [-0.4, -0.2) is 43.4 Å². The van der Waals surface area contributed by atoms with Crippen LogP contribution in [-0.2, 0) is 40.6 Å². The Morgan fingerprint density at radius 3 is 2.33 bits per heavy atom. The van der Waals surface area contributed by atoms with Gasteiger partial charge in [0.25, 0.3) is 0 Å². The number of hydrogen-bond acceptors (Lipinski definition) is 6. The predicted molar refractivity (Wildman–Crippen MR) is 122 cm³/mol. The Kier molecular flexibility index (Phi) is 6.87. The van der Waals surface area contributed by atoms with Crippen LogP contribution in [0.15, 0.2) is 48.5 Å². The number of alkyl halides is 6. The number of rotatable bonds is 7. The van der Waals surface area contributed by atoms with Gasteiger partial charge in [-0.25, -0.2) is 0 Å². The molecule has 2 aromatic carbocycles. The number of piperidine rings is 1. The van der Waals surface area contributed by atoms with E-state index in [1.807, 2.05) is 30.3 Å². The van der Waals surface area contributed by atoms with Crippen molar-refractivity contribution in [3.05, 3.63) is 76.6 Å². The molecule has 2 fully saturated rings. The van der Waals surface area contributed by atoms with Crippen molar-refractivity contribution in [2.75, 3.05) is 0 Å². The first kappa shape index (κ1) is 27.1. The number of nitrogens with zero attached hydrogens (tertiary/aromatic N) is 4. The van der Waals surface area contributed by atoms with Crippen LogP contribution in [0.3, 0.4) is 0 Å². The third kappa shape index (κ3) is 5.48. The summed E-state index contributed by atoms with van der Waals surface area (Å²) in [5.74, 6) is -1.05. The molecule has 8 nitrogen and oxygen atoms in total. The van der Waals surface area contributed by atoms with Gasteiger partial charge in [-0.1, -0.05) is 30.3 Å². The maximum atomic E-state index is 13.3. The first-order valence-electron chi connectivity index (χ1n) is 12.1. The van der Waals surface area contributed by atoms with Crippen LogP contribution in [0.1, 0.15) is 53.3 Å². The smallest absolute Gasteiger partial charge is 0.416 e. The van der Waals surface area contributed by atoms with E-state index in [-0.39, 0.29) is 23.6 Å². The zero-order valence-corrected chi connectivity index (χ0v) is 20.2. The van der Waals surface area contributed by atoms with E-state index >= 15 is 0 Å². The molecule has 1 aromatic heterocycles. The van der Waals surface area contributed by atoms with Gasteiger partial charge in [0, 0.05) is 12.0 Å². The van der Waals surface area contributed by atoms with Gasteiger partial charge >= 0.3 is 18.3 Å². The van der Waals surface area contributed by atoms with Crippen molar-refractivity contribution in [1.82, 2.24) is 25.5 Å². The van der Waals surface area contributed by atoms with Gasteiger partial charge in [0.05, 0.1) is 29.4 Å². The molecule has 0 amide bonds. The molecular weight excluding hydrogens is 532 g/mol. The average molecular weight is 555 g/mol. The molecule has 39 heavy (non-hydrogen) atoms. The first-order chi connectivity index (χ1) is 18.3. The third-order valence-electron chi connectivity index (χ3n) is 7.22. The molecule has 2 aliphatic rings. The molecule has 2 bridgehead atoms. The lowest BCUT2D eigenvalue weighted by molar-refractivity contribution is -0.143. The Labute approximate surface area is 218 Å². The lowest BCUT2D eigenvalue weighted by Gasteiger charge is -2.42. The van der Waals surface area contributed by atoms with Gasteiger partial charge in [0.1, 0.15) is 0 Å². The summed E-state index contributed by atoms with van der Waals surface area (Å²) in [7, 11) is 0. The standard InChI is InChI=1S/C25H23F6N5O3/c26-24(27,28)16-8-14(9-17(10-16)25(29,30)31)13-39-20-7-6-19-18(22-33-35-36(34-22)12-21(37)38)11-23(20,32-19)15-4-2-1-3-5-15/h1-5,8-10,18-20,32H,6-7,11-13H2,(H,37,38). The van der Waals surface area contributed by atoms with Crippen LogP contribution in [0.2, 0.25) is 0 Å². The van der Waals surface area contributed by atoms with Gasteiger partial charge in [0.2, 0.25) is 0 Å². The second-order valence-electron chi connectivity index (χ2n) is 9.76. The third-order valence-corrected chi connectivity index (χ3v) is 7.22. The molecule has 0 saturated carbocycles. The second kappa shape index (κ2) is 9.90. The number of hydrogen-bond donors (Lipinski definition) is 2. The number of carbonyl (C=O) groups is 1. The zero-order valence-electron chi connectivity index (χ0n) is 20.2. The lowest BCUT2D eigenvalue weighted by atomic mass is 9.80. The van der Waals surface area contributed by atoms with Crippen molar-refractivity contribution in [3.8, 4) is 0 Å². The van der Waals surface area contributed by atoms with E-state index in [9.17, 15) is 31.1 Å². The number of aliphatic carboxylic acids is 1. The largest absolute Gasteiger partial charge is 0.480 e. The summed E-state index contributed by atoms with van der Waals surface area (Å²) in [6.07, 6.45) is -9.07. The normalized spacial score (nSPS) is 25.1. The minimum atomic E-state index is -4.95. The molecule has 208 valence electrons. The van der Waals surface area contributed by atoms with E-state index in [0.717, 1.165) is 10.4 Å². The molecule has 4 atom stereocenters. The van der Waals surface area contributed by atoms with Gasteiger partial charge in [-0.2, -0.15) is 31.1 Å². The molecule has 2 aliphatic heterocycles. The number of tetrazole rings is 1. The van der Waals surface area contributed by atoms with Crippen LogP contribution in [0.4, 0.5) is 26.3 Å². The highest BCUT2D eigenvalue weighted by molar-refractivity contribution is 5.66. The number of ether oxygens (including phenoxy) is 1. The van der Waals surface area contributed by atoms with Crippen molar-refractivity contribution in [1.29, 1.82) is 0 Å². The highest BCUT2D eigenvalue weighted by Crippen LogP contribution is 2.50. The average Bonchev–Trinajstić information content (AvgIpc) is 3.45. The fraction of sp³-hybridized carbons (Fsp3) is 0.440. The van der Waals surface area contributed by atoms with Gasteiger partial charge in [0.15, 0.2) is 12.4 Å². The van der Waals surface area contributed by atoms with E-state index in [0.29, 0.717) is 37.2 Å². The highest BCUT2D eigenvalue weighted by Gasteiger charge is 2.55. The molecular formula is C25H23F6N5O3. The number of fused-ring (bicyclic) bond motifs is 2. The Bertz CT molecular complexity index is 1310. The molecule has 2 saturated heterocycles. The Hall–Kier alpha value is -3.52. The lowest BCUT2D eigenvalue weighted by Crippen LogP contribution is -2.54. The van der Waals surface area contributed by atoms with Gasteiger partial charge < -0.3 is 15.2 Å². The summed E-state index contributed by atoms with van der Waals surface area (Å²) >= 11 is 0. The van der Waals surface area contributed by atoms with Gasteiger partial charge in [-0.05, 0) is 53.8 Å². The van der Waals surface area contributed by atoms with Crippen LogP contribution in [0.5, 0.6) is 0 Å². The monoisotopic (exact) mass is 555 g/mol. The molecule has 4 unspecified atom stereocenters. The summed E-state index contributed by atoms with van der Waals surface area (Å²) in [5, 5.41) is 24.6.